The summed E-state index contributed by atoms with van der Waals surface area (Å²) < 4.78 is 27.2. The summed E-state index contributed by atoms with van der Waals surface area (Å²) in [6, 6.07) is 3.05. The topological polar surface area (TPSA) is 34.9 Å². The molecule has 88 valence electrons. The molecule has 0 aliphatic heterocycles. The molecule has 0 aromatic carbocycles. The molecule has 5 heteroatoms. The van der Waals surface area contributed by atoms with E-state index < -0.39 is 5.92 Å². The van der Waals surface area contributed by atoms with Gasteiger partial charge in [-0.3, -0.25) is 4.79 Å². The van der Waals surface area contributed by atoms with Gasteiger partial charge in [-0.05, 0) is 25.3 Å². The molecule has 1 aromatic rings. The lowest BCUT2D eigenvalue weighted by Crippen LogP contribution is -2.26. The zero-order valence-electron chi connectivity index (χ0n) is 9.12. The fraction of sp³-hybridized carbons (Fsp3) is 0.636. The lowest BCUT2D eigenvalue weighted by atomic mass is 10.1. The molecule has 0 radical (unpaired) electrons. The van der Waals surface area contributed by atoms with E-state index in [-0.39, 0.29) is 24.3 Å². The minimum atomic E-state index is -2.56. The summed E-state index contributed by atoms with van der Waals surface area (Å²) >= 11 is 0. The van der Waals surface area contributed by atoms with E-state index in [9.17, 15) is 13.6 Å². The van der Waals surface area contributed by atoms with Crippen molar-refractivity contribution in [1.82, 2.24) is 9.78 Å². The highest BCUT2D eigenvalue weighted by atomic mass is 19.3. The van der Waals surface area contributed by atoms with Crippen LogP contribution in [0, 0.1) is 12.8 Å². The molecule has 1 saturated carbocycles. The van der Waals surface area contributed by atoms with Crippen molar-refractivity contribution in [2.75, 3.05) is 0 Å². The van der Waals surface area contributed by atoms with Crippen LogP contribution in [0.1, 0.15) is 25.0 Å². The van der Waals surface area contributed by atoms with Gasteiger partial charge in [-0.25, -0.2) is 13.5 Å². The minimum absolute atomic E-state index is 0.0712. The van der Waals surface area contributed by atoms with E-state index in [1.165, 1.54) is 10.7 Å². The van der Waals surface area contributed by atoms with E-state index in [0.717, 1.165) is 5.69 Å². The van der Waals surface area contributed by atoms with Crippen molar-refractivity contribution in [3.05, 3.63) is 28.2 Å². The Labute approximate surface area is 92.1 Å². The highest BCUT2D eigenvalue weighted by Gasteiger charge is 2.39. The fourth-order valence-electron chi connectivity index (χ4n) is 2.12. The molecule has 1 atom stereocenters. The third-order valence-corrected chi connectivity index (χ3v) is 2.94. The molecule has 2 rings (SSSR count). The summed E-state index contributed by atoms with van der Waals surface area (Å²) in [7, 11) is 0. The first-order chi connectivity index (χ1) is 7.46. The summed E-state index contributed by atoms with van der Waals surface area (Å²) in [5.74, 6) is -2.69. The van der Waals surface area contributed by atoms with Crippen LogP contribution >= 0.6 is 0 Å². The largest absolute Gasteiger partial charge is 0.268 e. The van der Waals surface area contributed by atoms with Crippen LogP contribution in [0.4, 0.5) is 8.78 Å². The van der Waals surface area contributed by atoms with Crippen LogP contribution in [0.5, 0.6) is 0 Å². The summed E-state index contributed by atoms with van der Waals surface area (Å²) in [6.45, 7) is 2.08. The normalized spacial score (nSPS) is 23.6. The Morgan fingerprint density at radius 3 is 2.94 bits per heavy atom. The first kappa shape index (κ1) is 11.2. The van der Waals surface area contributed by atoms with E-state index in [1.807, 2.05) is 0 Å². The van der Waals surface area contributed by atoms with Crippen LogP contribution in [0.25, 0.3) is 0 Å². The molecule has 1 fully saturated rings. The molecule has 16 heavy (non-hydrogen) atoms. The van der Waals surface area contributed by atoms with Crippen LogP contribution < -0.4 is 5.56 Å². The van der Waals surface area contributed by atoms with Crippen molar-refractivity contribution in [2.45, 2.75) is 38.7 Å². The number of alkyl halides is 2. The monoisotopic (exact) mass is 228 g/mol. The third-order valence-electron chi connectivity index (χ3n) is 2.94. The zero-order valence-corrected chi connectivity index (χ0v) is 9.12. The number of halogens is 2. The van der Waals surface area contributed by atoms with Gasteiger partial charge in [0.25, 0.3) is 5.56 Å². The Balaban J connectivity index is 2.10. The van der Waals surface area contributed by atoms with E-state index in [0.29, 0.717) is 13.0 Å². The predicted octanol–water partition coefficient (Wildman–Crippen LogP) is 1.99. The van der Waals surface area contributed by atoms with Gasteiger partial charge in [-0.15, -0.1) is 0 Å². The maximum atomic E-state index is 13.0. The predicted molar refractivity (Wildman–Crippen MR) is 55.5 cm³/mol. The highest BCUT2D eigenvalue weighted by molar-refractivity contribution is 4.97. The van der Waals surface area contributed by atoms with Crippen LogP contribution in [0.15, 0.2) is 16.9 Å². The van der Waals surface area contributed by atoms with Gasteiger partial charge in [0.05, 0.1) is 5.69 Å². The summed E-state index contributed by atoms with van der Waals surface area (Å²) in [5, 5.41) is 4.04. The molecule has 0 bridgehead atoms. The molecule has 1 aliphatic rings. The molecule has 1 aromatic heterocycles. The van der Waals surface area contributed by atoms with Crippen molar-refractivity contribution in [3.8, 4) is 0 Å². The van der Waals surface area contributed by atoms with Gasteiger partial charge in [0, 0.05) is 25.5 Å². The first-order valence-electron chi connectivity index (χ1n) is 5.39. The number of aromatic nitrogens is 2. The zero-order chi connectivity index (χ0) is 11.8. The number of hydrogen-bond acceptors (Lipinski definition) is 2. The second-order valence-electron chi connectivity index (χ2n) is 4.46. The summed E-state index contributed by atoms with van der Waals surface area (Å²) in [5.41, 5.74) is 0.505. The van der Waals surface area contributed by atoms with Gasteiger partial charge in [0.2, 0.25) is 5.92 Å². The maximum Gasteiger partial charge on any atom is 0.266 e. The second-order valence-corrected chi connectivity index (χ2v) is 4.46. The molecular formula is C11H14F2N2O. The van der Waals surface area contributed by atoms with Gasteiger partial charge in [-0.1, -0.05) is 0 Å². The molecule has 0 amide bonds. The lowest BCUT2D eigenvalue weighted by Gasteiger charge is -2.11. The Morgan fingerprint density at radius 1 is 1.56 bits per heavy atom. The van der Waals surface area contributed by atoms with E-state index in [4.69, 9.17) is 0 Å². The number of nitrogens with zero attached hydrogens (tertiary/aromatic N) is 2. The second kappa shape index (κ2) is 3.96. The van der Waals surface area contributed by atoms with Gasteiger partial charge in [0.15, 0.2) is 0 Å². The number of rotatable bonds is 2. The van der Waals surface area contributed by atoms with Crippen LogP contribution in [0.2, 0.25) is 0 Å². The SMILES string of the molecule is Cc1ccc(=O)n(CC2CCC(F)(F)C2)n1. The standard InChI is InChI=1S/C11H14F2N2O/c1-8-2-3-10(16)15(14-8)7-9-4-5-11(12,13)6-9/h2-3,9H,4-7H2,1H3. The van der Waals surface area contributed by atoms with Gasteiger partial charge >= 0.3 is 0 Å². The molecule has 3 nitrogen and oxygen atoms in total. The molecule has 1 aliphatic carbocycles. The Hall–Kier alpha value is -1.26. The Kier molecular flexibility index (Phi) is 2.78. The van der Waals surface area contributed by atoms with Crippen molar-refractivity contribution >= 4 is 0 Å². The molecular weight excluding hydrogens is 214 g/mol. The lowest BCUT2D eigenvalue weighted by molar-refractivity contribution is 0.00416. The average molecular weight is 228 g/mol. The van der Waals surface area contributed by atoms with Crippen molar-refractivity contribution in [2.24, 2.45) is 5.92 Å². The minimum Gasteiger partial charge on any atom is -0.268 e. The van der Waals surface area contributed by atoms with Crippen LogP contribution in [0.3, 0.4) is 0 Å². The van der Waals surface area contributed by atoms with Gasteiger partial charge in [0.1, 0.15) is 0 Å². The Morgan fingerprint density at radius 2 is 2.31 bits per heavy atom. The Bertz CT molecular complexity index is 442. The van der Waals surface area contributed by atoms with Crippen LogP contribution in [-0.4, -0.2) is 15.7 Å². The third kappa shape index (κ3) is 2.46. The van der Waals surface area contributed by atoms with Crippen LogP contribution in [-0.2, 0) is 6.54 Å². The summed E-state index contributed by atoms with van der Waals surface area (Å²) in [4.78, 5) is 11.4. The van der Waals surface area contributed by atoms with Crippen molar-refractivity contribution in [3.63, 3.8) is 0 Å². The molecule has 0 N–H and O–H groups in total. The number of hydrogen-bond donors (Lipinski definition) is 0. The van der Waals surface area contributed by atoms with E-state index >= 15 is 0 Å². The quantitative estimate of drug-likeness (QED) is 0.775. The highest BCUT2D eigenvalue weighted by Crippen LogP contribution is 2.39. The van der Waals surface area contributed by atoms with Gasteiger partial charge in [-0.2, -0.15) is 5.10 Å². The molecule has 1 unspecified atom stereocenters. The molecule has 0 spiro atoms. The average Bonchev–Trinajstić information content (AvgIpc) is 2.52. The molecule has 0 saturated heterocycles. The molecule has 1 heterocycles. The summed E-state index contributed by atoms with van der Waals surface area (Å²) in [6.07, 6.45) is 0.266. The van der Waals surface area contributed by atoms with E-state index in [1.54, 1.807) is 13.0 Å². The van der Waals surface area contributed by atoms with Crippen molar-refractivity contribution < 1.29 is 8.78 Å². The number of aryl methyl sites for hydroxylation is 1. The van der Waals surface area contributed by atoms with Crippen molar-refractivity contribution in [1.29, 1.82) is 0 Å². The first-order valence-corrected chi connectivity index (χ1v) is 5.39. The maximum absolute atomic E-state index is 13.0. The van der Waals surface area contributed by atoms with Gasteiger partial charge < -0.3 is 0 Å². The smallest absolute Gasteiger partial charge is 0.266 e. The van der Waals surface area contributed by atoms with E-state index in [2.05, 4.69) is 5.10 Å². The fourth-order valence-corrected chi connectivity index (χ4v) is 2.12.